The standard InChI is InChI=1S/C24H38N4/c1-19(2)23-16-21-20(8-7-9-22(21)26-23)17-25-18-24(10-5-4-6-11-24)28-14-12-27(3)13-15-28/h7-9,16,19,25-26H,4-6,10-15,17-18H2,1-3H3. The number of likely N-dealkylation sites (N-methyl/N-ethyl adjacent to an activating group) is 1. The minimum Gasteiger partial charge on any atom is -0.358 e. The highest BCUT2D eigenvalue weighted by Crippen LogP contribution is 2.34. The van der Waals surface area contributed by atoms with Crippen molar-refractivity contribution in [2.75, 3.05) is 39.8 Å². The van der Waals surface area contributed by atoms with Crippen LogP contribution in [0.25, 0.3) is 10.9 Å². The van der Waals surface area contributed by atoms with Crippen molar-refractivity contribution >= 4 is 10.9 Å². The molecule has 2 aliphatic rings. The zero-order chi connectivity index (χ0) is 19.6. The van der Waals surface area contributed by atoms with Gasteiger partial charge in [0.2, 0.25) is 0 Å². The SMILES string of the molecule is CC(C)c1cc2c(CNCC3(N4CCN(C)CC4)CCCCC3)cccc2[nH]1. The van der Waals surface area contributed by atoms with E-state index in [1.807, 2.05) is 0 Å². The average Bonchev–Trinajstić information content (AvgIpc) is 3.15. The summed E-state index contributed by atoms with van der Waals surface area (Å²) < 4.78 is 0. The molecule has 1 aromatic carbocycles. The Hall–Kier alpha value is -1.36. The molecular weight excluding hydrogens is 344 g/mol. The van der Waals surface area contributed by atoms with Crippen LogP contribution in [0, 0.1) is 0 Å². The summed E-state index contributed by atoms with van der Waals surface area (Å²) >= 11 is 0. The Balaban J connectivity index is 1.45. The minimum absolute atomic E-state index is 0.370. The molecule has 2 aromatic rings. The van der Waals surface area contributed by atoms with Crippen LogP contribution in [-0.2, 0) is 6.54 Å². The highest BCUT2D eigenvalue weighted by atomic mass is 15.3. The smallest absolute Gasteiger partial charge is 0.0459 e. The van der Waals surface area contributed by atoms with Gasteiger partial charge in [0.1, 0.15) is 0 Å². The largest absolute Gasteiger partial charge is 0.358 e. The van der Waals surface area contributed by atoms with E-state index in [1.54, 1.807) is 0 Å². The van der Waals surface area contributed by atoms with E-state index in [4.69, 9.17) is 0 Å². The number of benzene rings is 1. The number of piperazine rings is 1. The number of hydrogen-bond donors (Lipinski definition) is 2. The van der Waals surface area contributed by atoms with Gasteiger partial charge in [-0.1, -0.05) is 45.2 Å². The van der Waals surface area contributed by atoms with Crippen molar-refractivity contribution < 1.29 is 0 Å². The molecule has 4 rings (SSSR count). The monoisotopic (exact) mass is 382 g/mol. The van der Waals surface area contributed by atoms with Crippen LogP contribution in [0.2, 0.25) is 0 Å². The van der Waals surface area contributed by atoms with Crippen LogP contribution in [0.1, 0.15) is 63.1 Å². The highest BCUT2D eigenvalue weighted by molar-refractivity contribution is 5.84. The number of H-pyrrole nitrogens is 1. The lowest BCUT2D eigenvalue weighted by molar-refractivity contribution is 0.0136. The molecule has 4 nitrogen and oxygen atoms in total. The van der Waals surface area contributed by atoms with Gasteiger partial charge < -0.3 is 15.2 Å². The van der Waals surface area contributed by atoms with Crippen LogP contribution in [0.4, 0.5) is 0 Å². The van der Waals surface area contributed by atoms with Crippen molar-refractivity contribution in [1.82, 2.24) is 20.1 Å². The third-order valence-corrected chi connectivity index (χ3v) is 7.13. The zero-order valence-corrected chi connectivity index (χ0v) is 18.1. The summed E-state index contributed by atoms with van der Waals surface area (Å²) in [5, 5.41) is 5.27. The number of aromatic amines is 1. The summed E-state index contributed by atoms with van der Waals surface area (Å²) in [6.07, 6.45) is 6.90. The predicted molar refractivity (Wildman–Crippen MR) is 119 cm³/mol. The zero-order valence-electron chi connectivity index (χ0n) is 18.1. The van der Waals surface area contributed by atoms with E-state index >= 15 is 0 Å². The van der Waals surface area contributed by atoms with Crippen LogP contribution in [0.5, 0.6) is 0 Å². The van der Waals surface area contributed by atoms with E-state index in [0.717, 1.165) is 13.1 Å². The third kappa shape index (κ3) is 4.14. The van der Waals surface area contributed by atoms with Crippen molar-refractivity contribution in [3.8, 4) is 0 Å². The Bertz CT molecular complexity index is 764. The number of rotatable bonds is 6. The van der Waals surface area contributed by atoms with Crippen LogP contribution in [0.3, 0.4) is 0 Å². The van der Waals surface area contributed by atoms with Gasteiger partial charge in [-0.2, -0.15) is 0 Å². The summed E-state index contributed by atoms with van der Waals surface area (Å²) in [7, 11) is 2.26. The summed E-state index contributed by atoms with van der Waals surface area (Å²) in [6.45, 7) is 11.5. The topological polar surface area (TPSA) is 34.3 Å². The van der Waals surface area contributed by atoms with Crippen LogP contribution in [0.15, 0.2) is 24.3 Å². The highest BCUT2D eigenvalue weighted by Gasteiger charge is 2.38. The lowest BCUT2D eigenvalue weighted by atomic mass is 9.79. The van der Waals surface area contributed by atoms with E-state index in [9.17, 15) is 0 Å². The van der Waals surface area contributed by atoms with E-state index in [-0.39, 0.29) is 0 Å². The van der Waals surface area contributed by atoms with Gasteiger partial charge in [-0.25, -0.2) is 0 Å². The van der Waals surface area contributed by atoms with Crippen LogP contribution in [-0.4, -0.2) is 60.1 Å². The number of fused-ring (bicyclic) bond motifs is 1. The fraction of sp³-hybridized carbons (Fsp3) is 0.667. The Morgan fingerprint density at radius 3 is 2.54 bits per heavy atom. The number of nitrogens with zero attached hydrogens (tertiary/aromatic N) is 2. The summed E-state index contributed by atoms with van der Waals surface area (Å²) in [5.74, 6) is 0.538. The quantitative estimate of drug-likeness (QED) is 0.780. The van der Waals surface area contributed by atoms with Crippen molar-refractivity contribution in [3.63, 3.8) is 0 Å². The van der Waals surface area contributed by atoms with Gasteiger partial charge in [0, 0.05) is 61.4 Å². The van der Waals surface area contributed by atoms with Gasteiger partial charge in [-0.15, -0.1) is 0 Å². The lowest BCUT2D eigenvalue weighted by Gasteiger charge is -2.49. The maximum atomic E-state index is 3.88. The Kier molecular flexibility index (Phi) is 6.10. The van der Waals surface area contributed by atoms with Gasteiger partial charge in [0.25, 0.3) is 0 Å². The van der Waals surface area contributed by atoms with Gasteiger partial charge in [-0.3, -0.25) is 4.90 Å². The van der Waals surface area contributed by atoms with Crippen molar-refractivity contribution in [3.05, 3.63) is 35.5 Å². The molecule has 1 aromatic heterocycles. The van der Waals surface area contributed by atoms with E-state index in [2.05, 4.69) is 65.3 Å². The summed E-state index contributed by atoms with van der Waals surface area (Å²) in [4.78, 5) is 8.88. The minimum atomic E-state index is 0.370. The molecule has 1 saturated heterocycles. The molecule has 0 atom stereocenters. The van der Waals surface area contributed by atoms with Crippen LogP contribution >= 0.6 is 0 Å². The van der Waals surface area contributed by atoms with Gasteiger partial charge in [0.15, 0.2) is 0 Å². The molecule has 4 heteroatoms. The Labute approximate surface area is 170 Å². The van der Waals surface area contributed by atoms with Gasteiger partial charge >= 0.3 is 0 Å². The maximum Gasteiger partial charge on any atom is 0.0459 e. The molecular formula is C24H38N4. The first-order valence-electron chi connectivity index (χ1n) is 11.3. The first-order chi connectivity index (χ1) is 13.6. The van der Waals surface area contributed by atoms with Crippen LogP contribution < -0.4 is 5.32 Å². The molecule has 2 N–H and O–H groups in total. The Morgan fingerprint density at radius 1 is 1.07 bits per heavy atom. The number of nitrogens with one attached hydrogen (secondary N) is 2. The summed E-state index contributed by atoms with van der Waals surface area (Å²) in [6, 6.07) is 9.04. The molecule has 0 unspecified atom stereocenters. The van der Waals surface area contributed by atoms with Gasteiger partial charge in [0.05, 0.1) is 0 Å². The first kappa shape index (κ1) is 19.9. The first-order valence-corrected chi connectivity index (χ1v) is 11.3. The molecule has 1 saturated carbocycles. The molecule has 0 amide bonds. The fourth-order valence-corrected chi connectivity index (χ4v) is 5.23. The van der Waals surface area contributed by atoms with Crippen molar-refractivity contribution in [2.45, 2.75) is 64.0 Å². The molecule has 0 radical (unpaired) electrons. The number of aromatic nitrogens is 1. The molecule has 0 spiro atoms. The molecule has 1 aliphatic carbocycles. The van der Waals surface area contributed by atoms with E-state index < -0.39 is 0 Å². The molecule has 28 heavy (non-hydrogen) atoms. The maximum absolute atomic E-state index is 3.88. The third-order valence-electron chi connectivity index (χ3n) is 7.13. The second-order valence-electron chi connectivity index (χ2n) is 9.44. The van der Waals surface area contributed by atoms with E-state index in [0.29, 0.717) is 11.5 Å². The normalized spacial score (nSPS) is 21.6. The van der Waals surface area contributed by atoms with E-state index in [1.165, 1.54) is 80.4 Å². The van der Waals surface area contributed by atoms with Crippen molar-refractivity contribution in [2.24, 2.45) is 0 Å². The molecule has 0 bridgehead atoms. The Morgan fingerprint density at radius 2 is 1.82 bits per heavy atom. The molecule has 2 fully saturated rings. The number of hydrogen-bond acceptors (Lipinski definition) is 3. The fourth-order valence-electron chi connectivity index (χ4n) is 5.23. The molecule has 1 aliphatic heterocycles. The second-order valence-corrected chi connectivity index (χ2v) is 9.44. The lowest BCUT2D eigenvalue weighted by Crippen LogP contribution is -2.61. The van der Waals surface area contributed by atoms with Crippen molar-refractivity contribution in [1.29, 1.82) is 0 Å². The molecule has 2 heterocycles. The molecule has 154 valence electrons. The van der Waals surface area contributed by atoms with Gasteiger partial charge in [-0.05, 0) is 43.5 Å². The summed E-state index contributed by atoms with van der Waals surface area (Å²) in [5.41, 5.74) is 4.40. The average molecular weight is 383 g/mol. The predicted octanol–water partition coefficient (Wildman–Crippen LogP) is 4.33. The second kappa shape index (κ2) is 8.56.